The van der Waals surface area contributed by atoms with E-state index < -0.39 is 47.7 Å². The molecule has 0 saturated carbocycles. The van der Waals surface area contributed by atoms with E-state index in [1.54, 1.807) is 0 Å². The summed E-state index contributed by atoms with van der Waals surface area (Å²) in [7, 11) is 0. The minimum absolute atomic E-state index is 0.244. The van der Waals surface area contributed by atoms with Crippen molar-refractivity contribution in [3.05, 3.63) is 29.6 Å². The van der Waals surface area contributed by atoms with Gasteiger partial charge in [0.05, 0.1) is 0 Å². The summed E-state index contributed by atoms with van der Waals surface area (Å²) >= 11 is 0. The monoisotopic (exact) mass is 437 g/mol. The number of anilines is 1. The highest BCUT2D eigenvalue weighted by Gasteiger charge is 2.79. The Morgan fingerprint density at radius 3 is 1.82 bits per heavy atom. The van der Waals surface area contributed by atoms with Crippen LogP contribution in [0.5, 0.6) is 0 Å². The summed E-state index contributed by atoms with van der Waals surface area (Å²) in [5, 5.41) is 0.953. The number of aryl methyl sites for hydroxylation is 1. The average molecular weight is 437 g/mol. The molecule has 0 aromatic heterocycles. The molecule has 0 heterocycles. The molecule has 0 aliphatic rings. The van der Waals surface area contributed by atoms with Gasteiger partial charge < -0.3 is 5.32 Å². The first-order chi connectivity index (χ1) is 12.3. The lowest BCUT2D eigenvalue weighted by molar-refractivity contribution is -0.472. The molecule has 0 radical (unpaired) electrons. The Morgan fingerprint density at radius 2 is 1.39 bits per heavy atom. The van der Waals surface area contributed by atoms with Crippen molar-refractivity contribution in [1.82, 2.24) is 0 Å². The minimum Gasteiger partial charge on any atom is -0.320 e. The first-order valence-corrected chi connectivity index (χ1v) is 6.62. The molecule has 0 unspecified atom stereocenters. The Balaban J connectivity index is 3.36. The fourth-order valence-corrected chi connectivity index (χ4v) is 1.57. The molecule has 1 rings (SSSR count). The van der Waals surface area contributed by atoms with E-state index in [0.717, 1.165) is 24.4 Å². The van der Waals surface area contributed by atoms with E-state index in [2.05, 4.69) is 4.74 Å². The SMILES string of the molecule is Cc1ccc(F)cc1NC(=O)[C@@](F)(OC(F)(F)C(F)(F)C(F)(F)F)C(F)(F)F. The maximum atomic E-state index is 14.0. The highest BCUT2D eigenvalue weighted by molar-refractivity contribution is 5.97. The van der Waals surface area contributed by atoms with Gasteiger partial charge in [-0.1, -0.05) is 6.07 Å². The Kier molecular flexibility index (Phi) is 5.97. The molecule has 1 N–H and O–H groups in total. The molecule has 1 aromatic carbocycles. The third kappa shape index (κ3) is 4.28. The smallest absolute Gasteiger partial charge is 0.320 e. The van der Waals surface area contributed by atoms with Gasteiger partial charge in [0.1, 0.15) is 5.82 Å². The molecule has 28 heavy (non-hydrogen) atoms. The minimum atomic E-state index is -7.29. The van der Waals surface area contributed by atoms with Crippen LogP contribution in [0.4, 0.5) is 58.4 Å². The van der Waals surface area contributed by atoms with E-state index in [1.807, 2.05) is 0 Å². The summed E-state index contributed by atoms with van der Waals surface area (Å²) in [5.74, 6) is -18.1. The third-order valence-corrected chi connectivity index (χ3v) is 3.09. The van der Waals surface area contributed by atoms with Crippen LogP contribution in [0, 0.1) is 12.7 Å². The van der Waals surface area contributed by atoms with Crippen LogP contribution in [-0.2, 0) is 9.53 Å². The van der Waals surface area contributed by atoms with Crippen LogP contribution in [0.1, 0.15) is 5.56 Å². The van der Waals surface area contributed by atoms with Crippen molar-refractivity contribution in [1.29, 1.82) is 0 Å². The molecule has 0 spiro atoms. The van der Waals surface area contributed by atoms with Gasteiger partial charge in [-0.2, -0.15) is 48.3 Å². The predicted molar refractivity (Wildman–Crippen MR) is 66.7 cm³/mol. The van der Waals surface area contributed by atoms with Crippen molar-refractivity contribution >= 4 is 11.6 Å². The molecule has 1 aromatic rings. The standard InChI is InChI=1S/C13H7F12NO2/c1-5-2-3-6(14)4-7(5)26-8(27)9(15,11(18,19)20)28-13(24,25)10(16,17)12(21,22)23/h2-4H,1H3,(H,26,27)/t9-/m1/s1. The Morgan fingerprint density at radius 1 is 0.893 bits per heavy atom. The van der Waals surface area contributed by atoms with Gasteiger partial charge in [0, 0.05) is 5.69 Å². The van der Waals surface area contributed by atoms with Gasteiger partial charge in [0.25, 0.3) is 5.91 Å². The van der Waals surface area contributed by atoms with Crippen molar-refractivity contribution in [3.63, 3.8) is 0 Å². The van der Waals surface area contributed by atoms with E-state index in [4.69, 9.17) is 0 Å². The second-order valence-electron chi connectivity index (χ2n) is 5.20. The normalized spacial score (nSPS) is 15.9. The number of alkyl halides is 11. The summed E-state index contributed by atoms with van der Waals surface area (Å²) in [4.78, 5) is 11.5. The van der Waals surface area contributed by atoms with E-state index in [-0.39, 0.29) is 5.56 Å². The van der Waals surface area contributed by atoms with Crippen LogP contribution in [0.2, 0.25) is 0 Å². The second kappa shape index (κ2) is 7.00. The zero-order valence-electron chi connectivity index (χ0n) is 13.1. The Hall–Kier alpha value is -2.19. The van der Waals surface area contributed by atoms with Gasteiger partial charge in [-0.05, 0) is 24.6 Å². The van der Waals surface area contributed by atoms with Crippen molar-refractivity contribution < 1.29 is 62.2 Å². The van der Waals surface area contributed by atoms with Gasteiger partial charge in [0.2, 0.25) is 0 Å². The van der Waals surface area contributed by atoms with E-state index in [0.29, 0.717) is 6.07 Å². The van der Waals surface area contributed by atoms with Crippen molar-refractivity contribution in [2.45, 2.75) is 37.2 Å². The van der Waals surface area contributed by atoms with Gasteiger partial charge in [-0.15, -0.1) is 0 Å². The molecule has 0 fully saturated rings. The van der Waals surface area contributed by atoms with Crippen LogP contribution in [-0.4, -0.2) is 36.1 Å². The summed E-state index contributed by atoms with van der Waals surface area (Å²) in [5.41, 5.74) is -1.17. The lowest BCUT2D eigenvalue weighted by Crippen LogP contribution is -2.62. The first-order valence-electron chi connectivity index (χ1n) is 6.62. The number of rotatable bonds is 5. The van der Waals surface area contributed by atoms with E-state index >= 15 is 0 Å². The summed E-state index contributed by atoms with van der Waals surface area (Å²) in [6, 6.07) is 1.87. The number of hydrogen-bond donors (Lipinski definition) is 1. The van der Waals surface area contributed by atoms with Crippen LogP contribution in [0.3, 0.4) is 0 Å². The number of ether oxygens (including phenoxy) is 1. The molecule has 0 saturated heterocycles. The molecule has 160 valence electrons. The highest BCUT2D eigenvalue weighted by Crippen LogP contribution is 2.51. The average Bonchev–Trinajstić information content (AvgIpc) is 2.47. The van der Waals surface area contributed by atoms with Crippen molar-refractivity contribution in [2.75, 3.05) is 5.32 Å². The molecular formula is C13H7F12NO2. The Bertz CT molecular complexity index is 742. The number of hydrogen-bond acceptors (Lipinski definition) is 2. The maximum Gasteiger partial charge on any atom is 0.462 e. The number of benzene rings is 1. The molecule has 0 aliphatic carbocycles. The Labute approximate surface area is 147 Å². The van der Waals surface area contributed by atoms with Crippen molar-refractivity contribution in [3.8, 4) is 0 Å². The lowest BCUT2D eigenvalue weighted by atomic mass is 10.1. The molecule has 3 nitrogen and oxygen atoms in total. The fraction of sp³-hybridized carbons (Fsp3) is 0.462. The van der Waals surface area contributed by atoms with Gasteiger partial charge in [-0.25, -0.2) is 4.39 Å². The molecular weight excluding hydrogens is 430 g/mol. The number of carbonyl (C=O) groups is 1. The van der Waals surface area contributed by atoms with Crippen LogP contribution >= 0.6 is 0 Å². The van der Waals surface area contributed by atoms with E-state index in [9.17, 15) is 57.5 Å². The van der Waals surface area contributed by atoms with Gasteiger partial charge >= 0.3 is 30.2 Å². The lowest BCUT2D eigenvalue weighted by Gasteiger charge is -2.34. The predicted octanol–water partition coefficient (Wildman–Crippen LogP) is 5.11. The summed E-state index contributed by atoms with van der Waals surface area (Å²) in [6.45, 7) is 1.02. The molecule has 15 heteroatoms. The van der Waals surface area contributed by atoms with E-state index in [1.165, 1.54) is 0 Å². The molecule has 0 bridgehead atoms. The number of nitrogens with one attached hydrogen (secondary N) is 1. The second-order valence-corrected chi connectivity index (χ2v) is 5.20. The quantitative estimate of drug-likeness (QED) is 0.651. The summed E-state index contributed by atoms with van der Waals surface area (Å²) in [6.07, 6.45) is -21.1. The molecule has 0 aliphatic heterocycles. The number of amides is 1. The van der Waals surface area contributed by atoms with Crippen LogP contribution in [0.25, 0.3) is 0 Å². The molecule has 1 amide bonds. The largest absolute Gasteiger partial charge is 0.462 e. The molecule has 1 atom stereocenters. The van der Waals surface area contributed by atoms with Crippen LogP contribution in [0.15, 0.2) is 18.2 Å². The van der Waals surface area contributed by atoms with Crippen LogP contribution < -0.4 is 5.32 Å². The zero-order chi connectivity index (χ0) is 22.3. The third-order valence-electron chi connectivity index (χ3n) is 3.09. The number of carbonyl (C=O) groups excluding carboxylic acids is 1. The number of halogens is 12. The fourth-order valence-electron chi connectivity index (χ4n) is 1.57. The highest BCUT2D eigenvalue weighted by atomic mass is 19.4. The topological polar surface area (TPSA) is 38.3 Å². The maximum absolute atomic E-state index is 14.0. The van der Waals surface area contributed by atoms with Gasteiger partial charge in [0.15, 0.2) is 0 Å². The summed E-state index contributed by atoms with van der Waals surface area (Å²) < 4.78 is 155. The zero-order valence-corrected chi connectivity index (χ0v) is 13.1. The van der Waals surface area contributed by atoms with Crippen molar-refractivity contribution in [2.24, 2.45) is 0 Å². The van der Waals surface area contributed by atoms with Gasteiger partial charge in [-0.3, -0.25) is 9.53 Å². The first kappa shape index (κ1) is 23.8.